The summed E-state index contributed by atoms with van der Waals surface area (Å²) in [5.74, 6) is 1.31. The standard InChI is InChI=1S/C21H22ClN3O3S/c1-28-18-8-4-16(5-9-18)23-20(27)24-12-10-21(11-13-24)25(19(26)14-29-21)17-6-2-15(22)3-7-17/h2-9H,10-14H2,1H3,(H,23,27). The van der Waals surface area contributed by atoms with Gasteiger partial charge in [-0.1, -0.05) is 11.6 Å². The van der Waals surface area contributed by atoms with Gasteiger partial charge in [-0.15, -0.1) is 11.8 Å². The molecule has 2 fully saturated rings. The first-order valence-corrected chi connectivity index (χ1v) is 10.8. The van der Waals surface area contributed by atoms with Crippen LogP contribution in [0.4, 0.5) is 16.2 Å². The van der Waals surface area contributed by atoms with E-state index in [1.165, 1.54) is 0 Å². The Labute approximate surface area is 179 Å². The molecule has 29 heavy (non-hydrogen) atoms. The second kappa shape index (κ2) is 8.16. The number of rotatable bonds is 3. The molecule has 0 aliphatic carbocycles. The fourth-order valence-corrected chi connectivity index (χ4v) is 5.28. The van der Waals surface area contributed by atoms with E-state index in [4.69, 9.17) is 16.3 Å². The first kappa shape index (κ1) is 19.9. The average Bonchev–Trinajstić information content (AvgIpc) is 3.05. The van der Waals surface area contributed by atoms with Crippen molar-refractivity contribution >= 4 is 46.7 Å². The molecule has 0 bridgehead atoms. The van der Waals surface area contributed by atoms with Crippen molar-refractivity contribution in [2.45, 2.75) is 17.7 Å². The van der Waals surface area contributed by atoms with Crippen LogP contribution in [0.3, 0.4) is 0 Å². The average molecular weight is 432 g/mol. The van der Waals surface area contributed by atoms with Crippen molar-refractivity contribution in [3.63, 3.8) is 0 Å². The van der Waals surface area contributed by atoms with Gasteiger partial charge in [-0.3, -0.25) is 9.69 Å². The van der Waals surface area contributed by atoms with Crippen molar-refractivity contribution in [1.29, 1.82) is 0 Å². The predicted octanol–water partition coefficient (Wildman–Crippen LogP) is 4.45. The summed E-state index contributed by atoms with van der Waals surface area (Å²) < 4.78 is 5.14. The highest BCUT2D eigenvalue weighted by atomic mass is 35.5. The lowest BCUT2D eigenvalue weighted by Crippen LogP contribution is -2.53. The van der Waals surface area contributed by atoms with Crippen LogP contribution in [-0.4, -0.2) is 47.7 Å². The molecule has 2 aliphatic rings. The lowest BCUT2D eigenvalue weighted by atomic mass is 10.0. The number of benzene rings is 2. The fraction of sp³-hybridized carbons (Fsp3) is 0.333. The monoisotopic (exact) mass is 431 g/mol. The fourth-order valence-electron chi connectivity index (χ4n) is 3.83. The minimum absolute atomic E-state index is 0.105. The molecule has 0 atom stereocenters. The van der Waals surface area contributed by atoms with Gasteiger partial charge < -0.3 is 15.0 Å². The molecule has 3 amide bonds. The van der Waals surface area contributed by atoms with E-state index in [1.54, 1.807) is 35.9 Å². The van der Waals surface area contributed by atoms with E-state index >= 15 is 0 Å². The van der Waals surface area contributed by atoms with E-state index in [0.29, 0.717) is 23.9 Å². The zero-order chi connectivity index (χ0) is 20.4. The molecule has 0 aromatic heterocycles. The van der Waals surface area contributed by atoms with Crippen LogP contribution >= 0.6 is 23.4 Å². The van der Waals surface area contributed by atoms with Crippen LogP contribution in [0.1, 0.15) is 12.8 Å². The minimum Gasteiger partial charge on any atom is -0.497 e. The molecular weight excluding hydrogens is 410 g/mol. The lowest BCUT2D eigenvalue weighted by Gasteiger charge is -2.43. The molecule has 1 N–H and O–H groups in total. The van der Waals surface area contributed by atoms with E-state index in [0.717, 1.165) is 30.0 Å². The zero-order valence-corrected chi connectivity index (χ0v) is 17.6. The normalized spacial score (nSPS) is 18.2. The Balaban J connectivity index is 1.42. The number of thioether (sulfide) groups is 1. The van der Waals surface area contributed by atoms with Crippen LogP contribution in [0.15, 0.2) is 48.5 Å². The molecule has 6 nitrogen and oxygen atoms in total. The second-order valence-corrected chi connectivity index (χ2v) is 8.86. The summed E-state index contributed by atoms with van der Waals surface area (Å²) in [6.07, 6.45) is 1.45. The van der Waals surface area contributed by atoms with Gasteiger partial charge in [0, 0.05) is 29.5 Å². The number of nitrogens with zero attached hydrogens (tertiary/aromatic N) is 2. The number of hydrogen-bond acceptors (Lipinski definition) is 4. The summed E-state index contributed by atoms with van der Waals surface area (Å²) in [7, 11) is 1.61. The molecule has 4 rings (SSSR count). The summed E-state index contributed by atoms with van der Waals surface area (Å²) in [4.78, 5) is 28.7. The van der Waals surface area contributed by atoms with Crippen molar-refractivity contribution in [1.82, 2.24) is 4.90 Å². The van der Waals surface area contributed by atoms with Crippen molar-refractivity contribution < 1.29 is 14.3 Å². The van der Waals surface area contributed by atoms with Crippen molar-refractivity contribution in [3.05, 3.63) is 53.6 Å². The summed E-state index contributed by atoms with van der Waals surface area (Å²) in [5, 5.41) is 3.57. The Kier molecular flexibility index (Phi) is 5.61. The number of hydrogen-bond donors (Lipinski definition) is 1. The Bertz CT molecular complexity index is 896. The molecule has 0 unspecified atom stereocenters. The van der Waals surface area contributed by atoms with Gasteiger partial charge in [-0.25, -0.2) is 4.79 Å². The Hall–Kier alpha value is -2.38. The summed E-state index contributed by atoms with van der Waals surface area (Å²) >= 11 is 7.68. The third-order valence-corrected chi connectivity index (χ3v) is 7.15. The number of likely N-dealkylation sites (tertiary alicyclic amines) is 1. The van der Waals surface area contributed by atoms with Gasteiger partial charge in [-0.05, 0) is 61.4 Å². The van der Waals surface area contributed by atoms with E-state index in [9.17, 15) is 9.59 Å². The highest BCUT2D eigenvalue weighted by Gasteiger charge is 2.49. The third kappa shape index (κ3) is 4.02. The predicted molar refractivity (Wildman–Crippen MR) is 117 cm³/mol. The number of carbonyl (C=O) groups excluding carboxylic acids is 2. The quantitative estimate of drug-likeness (QED) is 0.779. The molecule has 2 heterocycles. The number of anilines is 2. The molecule has 2 aromatic carbocycles. The van der Waals surface area contributed by atoms with E-state index in [1.807, 2.05) is 41.3 Å². The summed E-state index contributed by atoms with van der Waals surface area (Å²) in [6.45, 7) is 1.18. The van der Waals surface area contributed by atoms with Crippen LogP contribution in [-0.2, 0) is 4.79 Å². The molecule has 0 radical (unpaired) electrons. The smallest absolute Gasteiger partial charge is 0.321 e. The van der Waals surface area contributed by atoms with Gasteiger partial charge in [-0.2, -0.15) is 0 Å². The molecule has 2 aromatic rings. The minimum atomic E-state index is -0.304. The topological polar surface area (TPSA) is 61.9 Å². The molecule has 0 saturated carbocycles. The van der Waals surface area contributed by atoms with Gasteiger partial charge in [0.1, 0.15) is 5.75 Å². The van der Waals surface area contributed by atoms with Crippen LogP contribution in [0.2, 0.25) is 5.02 Å². The van der Waals surface area contributed by atoms with Gasteiger partial charge in [0.2, 0.25) is 5.91 Å². The van der Waals surface area contributed by atoms with Crippen LogP contribution in [0.5, 0.6) is 5.75 Å². The van der Waals surface area contributed by atoms with Crippen molar-refractivity contribution in [2.24, 2.45) is 0 Å². The van der Waals surface area contributed by atoms with E-state index in [2.05, 4.69) is 5.32 Å². The number of ether oxygens (including phenoxy) is 1. The second-order valence-electron chi connectivity index (χ2n) is 7.09. The third-order valence-electron chi connectivity index (χ3n) is 5.38. The maximum Gasteiger partial charge on any atom is 0.321 e. The molecule has 1 spiro atoms. The van der Waals surface area contributed by atoms with Gasteiger partial charge in [0.15, 0.2) is 0 Å². The van der Waals surface area contributed by atoms with Crippen molar-refractivity contribution in [3.8, 4) is 5.75 Å². The number of piperidine rings is 1. The number of halogens is 1. The molecular formula is C21H22ClN3O3S. The highest BCUT2D eigenvalue weighted by molar-refractivity contribution is 8.02. The molecule has 2 saturated heterocycles. The van der Waals surface area contributed by atoms with Crippen LogP contribution in [0.25, 0.3) is 0 Å². The van der Waals surface area contributed by atoms with Gasteiger partial charge in [0.25, 0.3) is 0 Å². The number of carbonyl (C=O) groups is 2. The SMILES string of the molecule is COc1ccc(NC(=O)N2CCC3(CC2)SCC(=O)N3c2ccc(Cl)cc2)cc1. The first-order chi connectivity index (χ1) is 14.0. The maximum atomic E-state index is 12.7. The van der Waals surface area contributed by atoms with E-state index in [-0.39, 0.29) is 16.8 Å². The zero-order valence-electron chi connectivity index (χ0n) is 16.1. The summed E-state index contributed by atoms with van der Waals surface area (Å²) in [6, 6.07) is 14.5. The largest absolute Gasteiger partial charge is 0.497 e. The number of nitrogens with one attached hydrogen (secondary N) is 1. The van der Waals surface area contributed by atoms with Gasteiger partial charge in [0.05, 0.1) is 17.7 Å². The highest BCUT2D eigenvalue weighted by Crippen LogP contribution is 2.46. The van der Waals surface area contributed by atoms with Crippen LogP contribution in [0, 0.1) is 0 Å². The van der Waals surface area contributed by atoms with Gasteiger partial charge >= 0.3 is 6.03 Å². The molecule has 2 aliphatic heterocycles. The van der Waals surface area contributed by atoms with Crippen molar-refractivity contribution in [2.75, 3.05) is 36.2 Å². The molecule has 8 heteroatoms. The Morgan fingerprint density at radius 2 is 1.76 bits per heavy atom. The first-order valence-electron chi connectivity index (χ1n) is 9.43. The van der Waals surface area contributed by atoms with Crippen LogP contribution < -0.4 is 15.0 Å². The molecule has 152 valence electrons. The number of amides is 3. The Morgan fingerprint density at radius 3 is 2.38 bits per heavy atom. The Morgan fingerprint density at radius 1 is 1.10 bits per heavy atom. The number of methoxy groups -OCH3 is 1. The van der Waals surface area contributed by atoms with E-state index < -0.39 is 0 Å². The summed E-state index contributed by atoms with van der Waals surface area (Å²) in [5.41, 5.74) is 1.59. The lowest BCUT2D eigenvalue weighted by molar-refractivity contribution is -0.116. The maximum absolute atomic E-state index is 12.7. The number of urea groups is 1.